The summed E-state index contributed by atoms with van der Waals surface area (Å²) < 4.78 is 27.8. The first kappa shape index (κ1) is 43.0. The number of hydrogen-bond acceptors (Lipinski definition) is 7. The van der Waals surface area contributed by atoms with E-state index >= 15 is 0 Å². The second-order valence-electron chi connectivity index (χ2n) is 13.8. The number of carbonyl (C=O) groups is 5. The summed E-state index contributed by atoms with van der Waals surface area (Å²) in [6.07, 6.45) is 0.659. The van der Waals surface area contributed by atoms with Crippen molar-refractivity contribution in [1.29, 1.82) is 0 Å². The summed E-state index contributed by atoms with van der Waals surface area (Å²) in [5.41, 5.74) is 2.79. The van der Waals surface area contributed by atoms with Crippen LogP contribution >= 0.6 is 23.2 Å². The molecule has 0 bridgehead atoms. The summed E-state index contributed by atoms with van der Waals surface area (Å²) in [5.74, 6) is -2.94. The largest absolute Gasteiger partial charge is 0.480 e. The van der Waals surface area contributed by atoms with Gasteiger partial charge in [-0.1, -0.05) is 67.4 Å². The van der Waals surface area contributed by atoms with Gasteiger partial charge in [0.2, 0.25) is 27.7 Å². The second-order valence-corrected chi connectivity index (χ2v) is 16.5. The van der Waals surface area contributed by atoms with Crippen LogP contribution in [0.1, 0.15) is 50.7 Å². The normalized spacial score (nSPS) is 15.5. The fourth-order valence-electron chi connectivity index (χ4n) is 6.15. The van der Waals surface area contributed by atoms with Gasteiger partial charge in [0.05, 0.1) is 11.3 Å². The van der Waals surface area contributed by atoms with Crippen molar-refractivity contribution in [3.8, 4) is 0 Å². The maximum atomic E-state index is 13.4. The topological polar surface area (TPSA) is 194 Å². The highest BCUT2D eigenvalue weighted by atomic mass is 35.5. The molecule has 3 aromatic carbocycles. The molecule has 1 saturated heterocycles. The van der Waals surface area contributed by atoms with Gasteiger partial charge < -0.3 is 31.3 Å². The summed E-state index contributed by atoms with van der Waals surface area (Å²) in [7, 11) is -2.66. The molecule has 0 aliphatic carbocycles. The zero-order valence-corrected chi connectivity index (χ0v) is 33.3. The van der Waals surface area contributed by atoms with E-state index in [1.807, 2.05) is 39.0 Å². The van der Waals surface area contributed by atoms with Crippen LogP contribution in [0.2, 0.25) is 10.0 Å². The number of halogens is 2. The Kier molecular flexibility index (Phi) is 15.1. The van der Waals surface area contributed by atoms with Gasteiger partial charge in [0.25, 0.3) is 0 Å². The minimum absolute atomic E-state index is 0.0144. The third-order valence-corrected chi connectivity index (χ3v) is 11.4. The molecule has 1 aliphatic heterocycles. The standard InChI is InChI=1S/C38H46Cl2N6O8S/c1-23(2)18-33(45(4)34(47)19-25-11-13-28(14-12-25)42-38(52)44-30-9-6-5-8-24(30)3)35(48)41-16-15-31(37(50)51)43-36(49)32-10-7-17-46(32)55(53,54)29-21-26(39)20-27(40)22-29/h5-6,8-9,11-14,20-23,31-33H,7,10,15-19H2,1-4H3,(H,41,48)(H,43,49)(H,50,51)(H2,42,44,52)/t31-,32+,33-/m0/s1. The lowest BCUT2D eigenvalue weighted by molar-refractivity contribution is -0.142. The maximum absolute atomic E-state index is 13.4. The number of aryl methyl sites for hydroxylation is 1. The lowest BCUT2D eigenvalue weighted by Crippen LogP contribution is -2.52. The number of nitrogens with one attached hydrogen (secondary N) is 4. The minimum Gasteiger partial charge on any atom is -0.480 e. The fraction of sp³-hybridized carbons (Fsp3) is 0.395. The van der Waals surface area contributed by atoms with Crippen molar-refractivity contribution in [3.05, 3.63) is 87.9 Å². The number of sulfonamides is 1. The van der Waals surface area contributed by atoms with Crippen molar-refractivity contribution in [2.75, 3.05) is 30.8 Å². The van der Waals surface area contributed by atoms with Gasteiger partial charge in [-0.15, -0.1) is 0 Å². The highest BCUT2D eigenvalue weighted by molar-refractivity contribution is 7.89. The summed E-state index contributed by atoms with van der Waals surface area (Å²) in [6, 6.07) is 14.1. The number of amides is 5. The van der Waals surface area contributed by atoms with Gasteiger partial charge in [-0.25, -0.2) is 18.0 Å². The van der Waals surface area contributed by atoms with Crippen LogP contribution in [-0.2, 0) is 35.6 Å². The van der Waals surface area contributed by atoms with Gasteiger partial charge in [-0.2, -0.15) is 4.31 Å². The molecule has 5 amide bonds. The molecule has 55 heavy (non-hydrogen) atoms. The van der Waals surface area contributed by atoms with Crippen LogP contribution in [0.15, 0.2) is 71.6 Å². The van der Waals surface area contributed by atoms with E-state index in [0.29, 0.717) is 29.8 Å². The number of para-hydroxylation sites is 1. The number of nitrogens with zero attached hydrogens (tertiary/aromatic N) is 2. The average molecular weight is 818 g/mol. The molecule has 3 aromatic rings. The van der Waals surface area contributed by atoms with Crippen LogP contribution in [0.3, 0.4) is 0 Å². The summed E-state index contributed by atoms with van der Waals surface area (Å²) >= 11 is 12.0. The van der Waals surface area contributed by atoms with Crippen molar-refractivity contribution in [2.24, 2.45) is 5.92 Å². The van der Waals surface area contributed by atoms with E-state index in [-0.39, 0.29) is 59.1 Å². The number of carbonyl (C=O) groups excluding carboxylic acids is 4. The molecule has 0 saturated carbocycles. The third kappa shape index (κ3) is 11.9. The monoisotopic (exact) mass is 816 g/mol. The minimum atomic E-state index is -4.19. The molecule has 17 heteroatoms. The van der Waals surface area contributed by atoms with Gasteiger partial charge in [0.1, 0.15) is 18.1 Å². The van der Waals surface area contributed by atoms with Crippen LogP contribution in [0.5, 0.6) is 0 Å². The van der Waals surface area contributed by atoms with E-state index in [4.69, 9.17) is 23.2 Å². The zero-order valence-electron chi connectivity index (χ0n) is 31.0. The Morgan fingerprint density at radius 3 is 2.24 bits per heavy atom. The van der Waals surface area contributed by atoms with E-state index in [0.717, 1.165) is 9.87 Å². The molecular formula is C38H46Cl2N6O8S. The molecule has 0 spiro atoms. The van der Waals surface area contributed by atoms with E-state index in [1.54, 1.807) is 30.3 Å². The smallest absolute Gasteiger partial charge is 0.326 e. The lowest BCUT2D eigenvalue weighted by Gasteiger charge is -2.29. The highest BCUT2D eigenvalue weighted by Gasteiger charge is 2.41. The van der Waals surface area contributed by atoms with E-state index in [1.165, 1.54) is 30.1 Å². The number of urea groups is 1. The lowest BCUT2D eigenvalue weighted by atomic mass is 10.0. The molecule has 1 heterocycles. The predicted molar refractivity (Wildman–Crippen MR) is 211 cm³/mol. The number of anilines is 2. The van der Waals surface area contributed by atoms with Crippen molar-refractivity contribution < 1.29 is 37.5 Å². The van der Waals surface area contributed by atoms with E-state index < -0.39 is 52.0 Å². The molecule has 14 nitrogen and oxygen atoms in total. The number of carboxylic acids is 1. The van der Waals surface area contributed by atoms with Gasteiger partial charge in [-0.05, 0) is 86.1 Å². The Balaban J connectivity index is 1.32. The van der Waals surface area contributed by atoms with Crippen LogP contribution in [0.25, 0.3) is 0 Å². The van der Waals surface area contributed by atoms with Crippen LogP contribution in [-0.4, -0.2) is 90.7 Å². The first-order valence-corrected chi connectivity index (χ1v) is 19.9. The molecule has 4 rings (SSSR count). The summed E-state index contributed by atoms with van der Waals surface area (Å²) in [6.45, 7) is 5.59. The van der Waals surface area contributed by atoms with Crippen LogP contribution in [0.4, 0.5) is 16.2 Å². The van der Waals surface area contributed by atoms with Crippen molar-refractivity contribution in [2.45, 2.75) is 75.9 Å². The fourth-order valence-corrected chi connectivity index (χ4v) is 8.53. The summed E-state index contributed by atoms with van der Waals surface area (Å²) in [4.78, 5) is 65.8. The SMILES string of the molecule is Cc1ccccc1NC(=O)Nc1ccc(CC(=O)N(C)[C@@H](CC(C)C)C(=O)NCC[C@H](NC(=O)[C@H]2CCCN2S(=O)(=O)c2cc(Cl)cc(Cl)c2)C(=O)O)cc1. The van der Waals surface area contributed by atoms with Gasteiger partial charge in [0.15, 0.2) is 0 Å². The Morgan fingerprint density at radius 1 is 0.964 bits per heavy atom. The van der Waals surface area contributed by atoms with Crippen molar-refractivity contribution in [3.63, 3.8) is 0 Å². The molecule has 0 radical (unpaired) electrons. The zero-order chi connectivity index (χ0) is 40.4. The molecule has 0 aromatic heterocycles. The first-order valence-electron chi connectivity index (χ1n) is 17.7. The van der Waals surface area contributed by atoms with Gasteiger partial charge in [-0.3, -0.25) is 14.4 Å². The maximum Gasteiger partial charge on any atom is 0.326 e. The van der Waals surface area contributed by atoms with Crippen molar-refractivity contribution >= 4 is 74.3 Å². The van der Waals surface area contributed by atoms with E-state index in [2.05, 4.69) is 21.3 Å². The first-order chi connectivity index (χ1) is 26.0. The quantitative estimate of drug-likeness (QED) is 0.129. The molecule has 1 fully saturated rings. The molecule has 1 aliphatic rings. The van der Waals surface area contributed by atoms with Crippen LogP contribution in [0, 0.1) is 12.8 Å². The highest BCUT2D eigenvalue weighted by Crippen LogP contribution is 2.30. The van der Waals surface area contributed by atoms with Gasteiger partial charge in [0, 0.05) is 41.6 Å². The Morgan fingerprint density at radius 2 is 1.62 bits per heavy atom. The number of carboxylic acid groups (broad SMARTS) is 1. The Labute approximate surface area is 331 Å². The molecule has 0 unspecified atom stereocenters. The van der Waals surface area contributed by atoms with Crippen LogP contribution < -0.4 is 21.3 Å². The number of likely N-dealkylation sites (N-methyl/N-ethyl adjacent to an activating group) is 1. The number of rotatable bonds is 16. The van der Waals surface area contributed by atoms with Gasteiger partial charge >= 0.3 is 12.0 Å². The number of hydrogen-bond donors (Lipinski definition) is 5. The van der Waals surface area contributed by atoms with E-state index in [9.17, 15) is 37.5 Å². The Hall–Kier alpha value is -4.70. The second kappa shape index (κ2) is 19.2. The molecule has 3 atom stereocenters. The average Bonchev–Trinajstić information content (AvgIpc) is 3.62. The molecule has 5 N–H and O–H groups in total. The molecular weight excluding hydrogens is 771 g/mol. The van der Waals surface area contributed by atoms with Crippen molar-refractivity contribution in [1.82, 2.24) is 19.8 Å². The Bertz CT molecular complexity index is 1980. The third-order valence-electron chi connectivity index (χ3n) is 9.11. The predicted octanol–water partition coefficient (Wildman–Crippen LogP) is 5.29. The summed E-state index contributed by atoms with van der Waals surface area (Å²) in [5, 5.41) is 20.8. The molecule has 296 valence electrons. The number of benzene rings is 3. The number of aliphatic carboxylic acids is 1.